The number of sulfonamides is 1. The van der Waals surface area contributed by atoms with Crippen molar-refractivity contribution in [3.8, 4) is 0 Å². The van der Waals surface area contributed by atoms with Crippen LogP contribution in [0.25, 0.3) is 0 Å². The Labute approximate surface area is 213 Å². The highest BCUT2D eigenvalue weighted by molar-refractivity contribution is 9.10. The van der Waals surface area contributed by atoms with Gasteiger partial charge in [0.05, 0.1) is 22.0 Å². The Kier molecular flexibility index (Phi) is 9.60. The molecule has 0 bridgehead atoms. The summed E-state index contributed by atoms with van der Waals surface area (Å²) >= 11 is 15.4. The Morgan fingerprint density at radius 1 is 1.03 bits per heavy atom. The highest BCUT2D eigenvalue weighted by Gasteiger charge is 2.30. The topological polar surface area (TPSA) is 86.8 Å². The van der Waals surface area contributed by atoms with Crippen LogP contribution in [-0.2, 0) is 26.2 Å². The number of nitrogens with zero attached hydrogens (tertiary/aromatic N) is 2. The Morgan fingerprint density at radius 2 is 1.64 bits per heavy atom. The van der Waals surface area contributed by atoms with E-state index in [-0.39, 0.29) is 18.5 Å². The molecule has 11 heteroatoms. The molecule has 0 aliphatic heterocycles. The zero-order valence-electron chi connectivity index (χ0n) is 18.7. The van der Waals surface area contributed by atoms with E-state index < -0.39 is 28.5 Å². The maximum absolute atomic E-state index is 13.4. The van der Waals surface area contributed by atoms with Crippen molar-refractivity contribution >= 4 is 66.7 Å². The van der Waals surface area contributed by atoms with Crippen molar-refractivity contribution in [2.24, 2.45) is 0 Å². The highest BCUT2D eigenvalue weighted by Crippen LogP contribution is 2.25. The van der Waals surface area contributed by atoms with Crippen LogP contribution in [0.1, 0.15) is 26.3 Å². The van der Waals surface area contributed by atoms with Crippen molar-refractivity contribution < 1.29 is 18.0 Å². The van der Waals surface area contributed by atoms with E-state index in [4.69, 9.17) is 23.2 Å². The SMILES string of the molecule is CC(C)NC(=O)[C@@H](C)N(Cc1ccc(Cl)c(Cl)c1)C(=O)CN(c1ccc(Br)cc1)S(C)(=O)=O. The molecule has 2 aromatic carbocycles. The Bertz CT molecular complexity index is 1110. The molecule has 0 aromatic heterocycles. The molecule has 0 unspecified atom stereocenters. The molecule has 0 radical (unpaired) electrons. The van der Waals surface area contributed by atoms with Crippen molar-refractivity contribution in [3.05, 3.63) is 62.5 Å². The fraction of sp³-hybridized carbons (Fsp3) is 0.364. The molecule has 0 aliphatic rings. The summed E-state index contributed by atoms with van der Waals surface area (Å²) < 4.78 is 26.8. The minimum Gasteiger partial charge on any atom is -0.352 e. The third-order valence-corrected chi connectivity index (χ3v) is 7.14. The van der Waals surface area contributed by atoms with Crippen LogP contribution in [0.15, 0.2) is 46.9 Å². The monoisotopic (exact) mass is 577 g/mol. The standard InChI is InChI=1S/C22H26BrCl2N3O4S/c1-14(2)26-22(30)15(3)27(12-16-5-10-19(24)20(25)11-16)21(29)13-28(33(4,31)32)18-8-6-17(23)7-9-18/h5-11,14-15H,12-13H2,1-4H3,(H,26,30)/t15-/m1/s1. The van der Waals surface area contributed by atoms with Gasteiger partial charge in [-0.3, -0.25) is 13.9 Å². The van der Waals surface area contributed by atoms with Gasteiger partial charge in [0.1, 0.15) is 12.6 Å². The summed E-state index contributed by atoms with van der Waals surface area (Å²) in [5.41, 5.74) is 0.985. The summed E-state index contributed by atoms with van der Waals surface area (Å²) in [6.07, 6.45) is 1.03. The summed E-state index contributed by atoms with van der Waals surface area (Å²) in [5, 5.41) is 3.47. The predicted molar refractivity (Wildman–Crippen MR) is 136 cm³/mol. The van der Waals surface area contributed by atoms with Crippen LogP contribution in [0, 0.1) is 0 Å². The second-order valence-electron chi connectivity index (χ2n) is 7.86. The van der Waals surface area contributed by atoms with Gasteiger partial charge < -0.3 is 10.2 Å². The van der Waals surface area contributed by atoms with E-state index in [1.807, 2.05) is 13.8 Å². The second-order valence-corrected chi connectivity index (χ2v) is 11.5. The molecule has 2 aromatic rings. The van der Waals surface area contributed by atoms with E-state index in [1.54, 1.807) is 49.4 Å². The van der Waals surface area contributed by atoms with Gasteiger partial charge in [-0.1, -0.05) is 45.2 Å². The molecule has 2 rings (SSSR count). The average Bonchev–Trinajstić information content (AvgIpc) is 2.71. The van der Waals surface area contributed by atoms with E-state index >= 15 is 0 Å². The van der Waals surface area contributed by atoms with Crippen LogP contribution in [0.4, 0.5) is 5.69 Å². The first-order chi connectivity index (χ1) is 15.3. The van der Waals surface area contributed by atoms with Gasteiger partial charge in [-0.25, -0.2) is 8.42 Å². The first-order valence-electron chi connectivity index (χ1n) is 10.1. The zero-order chi connectivity index (χ0) is 24.9. The molecule has 2 amide bonds. The fourth-order valence-electron chi connectivity index (χ4n) is 3.04. The largest absolute Gasteiger partial charge is 0.352 e. The molecule has 0 saturated carbocycles. The molecule has 0 spiro atoms. The molecule has 33 heavy (non-hydrogen) atoms. The van der Waals surface area contributed by atoms with Crippen molar-refractivity contribution in [1.29, 1.82) is 0 Å². The average molecular weight is 579 g/mol. The van der Waals surface area contributed by atoms with E-state index in [2.05, 4.69) is 21.2 Å². The number of hydrogen-bond acceptors (Lipinski definition) is 4. The molecule has 0 fully saturated rings. The zero-order valence-corrected chi connectivity index (χ0v) is 22.6. The third-order valence-electron chi connectivity index (χ3n) is 4.73. The number of carbonyl (C=O) groups excluding carboxylic acids is 2. The molecule has 180 valence electrons. The summed E-state index contributed by atoms with van der Waals surface area (Å²) in [6.45, 7) is 4.79. The number of hydrogen-bond donors (Lipinski definition) is 1. The lowest BCUT2D eigenvalue weighted by Crippen LogP contribution is -2.52. The van der Waals surface area contributed by atoms with Crippen LogP contribution in [0.2, 0.25) is 10.0 Å². The number of anilines is 1. The molecule has 7 nitrogen and oxygen atoms in total. The molecule has 0 aliphatic carbocycles. The van der Waals surface area contributed by atoms with Gasteiger partial charge in [0.25, 0.3) is 0 Å². The molecule has 1 N–H and O–H groups in total. The van der Waals surface area contributed by atoms with Gasteiger partial charge in [-0.15, -0.1) is 0 Å². The van der Waals surface area contributed by atoms with Crippen LogP contribution >= 0.6 is 39.1 Å². The number of halogens is 3. The summed E-state index contributed by atoms with van der Waals surface area (Å²) in [5.74, 6) is -0.895. The minimum absolute atomic E-state index is 0.0420. The second kappa shape index (κ2) is 11.6. The van der Waals surface area contributed by atoms with E-state index in [1.165, 1.54) is 4.90 Å². The number of benzene rings is 2. The maximum Gasteiger partial charge on any atom is 0.244 e. The minimum atomic E-state index is -3.78. The van der Waals surface area contributed by atoms with E-state index in [0.717, 1.165) is 15.0 Å². The predicted octanol–water partition coefficient (Wildman–Crippen LogP) is 4.46. The third kappa shape index (κ3) is 7.88. The Morgan fingerprint density at radius 3 is 2.15 bits per heavy atom. The number of nitrogens with one attached hydrogen (secondary N) is 1. The fourth-order valence-corrected chi connectivity index (χ4v) is 4.48. The van der Waals surface area contributed by atoms with E-state index in [9.17, 15) is 18.0 Å². The molecular formula is C22H26BrCl2N3O4S. The number of carbonyl (C=O) groups is 2. The van der Waals surface area contributed by atoms with Crippen molar-refractivity contribution in [1.82, 2.24) is 10.2 Å². The molecule has 0 saturated heterocycles. The Balaban J connectivity index is 2.40. The summed E-state index contributed by atoms with van der Waals surface area (Å²) in [4.78, 5) is 27.4. The first-order valence-corrected chi connectivity index (χ1v) is 13.5. The maximum atomic E-state index is 13.4. The van der Waals surface area contributed by atoms with Gasteiger partial charge in [-0.05, 0) is 62.7 Å². The lowest BCUT2D eigenvalue weighted by atomic mass is 10.1. The van der Waals surface area contributed by atoms with Crippen molar-refractivity contribution in [3.63, 3.8) is 0 Å². The van der Waals surface area contributed by atoms with Crippen LogP contribution in [0.5, 0.6) is 0 Å². The quantitative estimate of drug-likeness (QED) is 0.476. The number of amides is 2. The molecule has 0 heterocycles. The normalized spacial score (nSPS) is 12.4. The van der Waals surface area contributed by atoms with Gasteiger partial charge in [0.2, 0.25) is 21.8 Å². The number of rotatable bonds is 9. The van der Waals surface area contributed by atoms with Gasteiger partial charge in [0, 0.05) is 17.1 Å². The lowest BCUT2D eigenvalue weighted by molar-refractivity contribution is -0.139. The van der Waals surface area contributed by atoms with Crippen molar-refractivity contribution in [2.45, 2.75) is 39.4 Å². The Hall–Kier alpha value is -1.81. The summed E-state index contributed by atoms with van der Waals surface area (Å²) in [7, 11) is -3.78. The smallest absolute Gasteiger partial charge is 0.244 e. The van der Waals surface area contributed by atoms with E-state index in [0.29, 0.717) is 21.3 Å². The molecular weight excluding hydrogens is 553 g/mol. The lowest BCUT2D eigenvalue weighted by Gasteiger charge is -2.32. The van der Waals surface area contributed by atoms with Gasteiger partial charge in [-0.2, -0.15) is 0 Å². The highest BCUT2D eigenvalue weighted by atomic mass is 79.9. The summed E-state index contributed by atoms with van der Waals surface area (Å²) in [6, 6.07) is 10.5. The van der Waals surface area contributed by atoms with Crippen LogP contribution in [-0.4, -0.2) is 50.0 Å². The van der Waals surface area contributed by atoms with Crippen LogP contribution in [0.3, 0.4) is 0 Å². The van der Waals surface area contributed by atoms with Gasteiger partial charge >= 0.3 is 0 Å². The first kappa shape index (κ1) is 27.4. The molecule has 1 atom stereocenters. The van der Waals surface area contributed by atoms with Crippen LogP contribution < -0.4 is 9.62 Å². The van der Waals surface area contributed by atoms with Gasteiger partial charge in [0.15, 0.2) is 0 Å². The van der Waals surface area contributed by atoms with Crippen molar-refractivity contribution in [2.75, 3.05) is 17.1 Å².